The Morgan fingerprint density at radius 1 is 1.18 bits per heavy atom. The molecule has 2 aliphatic rings. The van der Waals surface area contributed by atoms with Crippen molar-refractivity contribution in [2.45, 2.75) is 25.4 Å². The average Bonchev–Trinajstić information content (AvgIpc) is 2.95. The minimum absolute atomic E-state index is 0.280. The molecule has 0 bridgehead atoms. The molecule has 120 valence electrons. The molecule has 0 amide bonds. The molecule has 0 spiro atoms. The summed E-state index contributed by atoms with van der Waals surface area (Å²) in [5, 5.41) is 6.57. The van der Waals surface area contributed by atoms with E-state index in [1.807, 2.05) is 18.2 Å². The fourth-order valence-electron chi connectivity index (χ4n) is 2.57. The van der Waals surface area contributed by atoms with Crippen LogP contribution in [-0.2, 0) is 4.74 Å². The van der Waals surface area contributed by atoms with Gasteiger partial charge in [0.1, 0.15) is 0 Å². The molecule has 3 rings (SSSR count). The Morgan fingerprint density at radius 2 is 2.05 bits per heavy atom. The third-order valence-corrected chi connectivity index (χ3v) is 3.76. The average molecular weight is 305 g/mol. The van der Waals surface area contributed by atoms with Crippen molar-refractivity contribution < 1.29 is 14.2 Å². The van der Waals surface area contributed by atoms with Crippen molar-refractivity contribution in [2.75, 3.05) is 38.7 Å². The topological polar surface area (TPSA) is 64.1 Å². The lowest BCUT2D eigenvalue weighted by atomic mass is 10.2. The molecule has 0 aromatic heterocycles. The van der Waals surface area contributed by atoms with Gasteiger partial charge in [0.2, 0.25) is 0 Å². The summed E-state index contributed by atoms with van der Waals surface area (Å²) in [6, 6.07) is 5.84. The summed E-state index contributed by atoms with van der Waals surface area (Å²) in [6.07, 6.45) is 3.43. The Kier molecular flexibility index (Phi) is 5.00. The third-order valence-electron chi connectivity index (χ3n) is 3.76. The fourth-order valence-corrected chi connectivity index (χ4v) is 2.57. The number of ether oxygens (including phenoxy) is 3. The van der Waals surface area contributed by atoms with Crippen molar-refractivity contribution in [1.82, 2.24) is 5.32 Å². The number of nitrogens with zero attached hydrogens (tertiary/aromatic N) is 1. The van der Waals surface area contributed by atoms with Crippen LogP contribution in [0, 0.1) is 0 Å². The summed E-state index contributed by atoms with van der Waals surface area (Å²) in [7, 11) is 1.76. The molecule has 1 unspecified atom stereocenters. The monoisotopic (exact) mass is 305 g/mol. The van der Waals surface area contributed by atoms with Crippen LogP contribution in [0.2, 0.25) is 0 Å². The smallest absolute Gasteiger partial charge is 0.195 e. The second-order valence-electron chi connectivity index (χ2n) is 5.43. The Balaban J connectivity index is 1.59. The molecule has 2 N–H and O–H groups in total. The van der Waals surface area contributed by atoms with E-state index in [-0.39, 0.29) is 6.10 Å². The zero-order valence-corrected chi connectivity index (χ0v) is 12.9. The molecule has 0 saturated carbocycles. The highest BCUT2D eigenvalue weighted by molar-refractivity contribution is 5.93. The van der Waals surface area contributed by atoms with E-state index in [1.54, 1.807) is 7.05 Å². The molecule has 22 heavy (non-hydrogen) atoms. The lowest BCUT2D eigenvalue weighted by Crippen LogP contribution is -2.36. The number of nitrogens with one attached hydrogen (secondary N) is 2. The Morgan fingerprint density at radius 3 is 2.82 bits per heavy atom. The van der Waals surface area contributed by atoms with Gasteiger partial charge in [-0.25, -0.2) is 0 Å². The first kappa shape index (κ1) is 15.0. The van der Waals surface area contributed by atoms with Crippen LogP contribution >= 0.6 is 0 Å². The van der Waals surface area contributed by atoms with Crippen LogP contribution in [0.5, 0.6) is 11.5 Å². The van der Waals surface area contributed by atoms with Crippen molar-refractivity contribution in [3.8, 4) is 11.5 Å². The molecule has 2 heterocycles. The molecule has 0 radical (unpaired) electrons. The van der Waals surface area contributed by atoms with Gasteiger partial charge in [-0.3, -0.25) is 4.99 Å². The van der Waals surface area contributed by atoms with Gasteiger partial charge in [0.25, 0.3) is 0 Å². The standard InChI is InChI=1S/C16H23N3O3/c1-17-16(18-11-13-4-2-7-20-13)19-12-5-6-14-15(10-12)22-9-3-8-21-14/h5-6,10,13H,2-4,7-9,11H2,1H3,(H2,17,18,19). The van der Waals surface area contributed by atoms with Crippen molar-refractivity contribution >= 4 is 11.6 Å². The quantitative estimate of drug-likeness (QED) is 0.661. The summed E-state index contributed by atoms with van der Waals surface area (Å²) in [5.74, 6) is 2.30. The van der Waals surface area contributed by atoms with Crippen molar-refractivity contribution in [3.63, 3.8) is 0 Å². The zero-order chi connectivity index (χ0) is 15.2. The van der Waals surface area contributed by atoms with Crippen LogP contribution < -0.4 is 20.1 Å². The molecule has 1 fully saturated rings. The zero-order valence-electron chi connectivity index (χ0n) is 12.9. The minimum Gasteiger partial charge on any atom is -0.490 e. The van der Waals surface area contributed by atoms with Gasteiger partial charge < -0.3 is 24.8 Å². The second kappa shape index (κ2) is 7.35. The molecule has 1 atom stereocenters. The van der Waals surface area contributed by atoms with E-state index in [2.05, 4.69) is 15.6 Å². The third kappa shape index (κ3) is 3.82. The van der Waals surface area contributed by atoms with Crippen LogP contribution in [0.4, 0.5) is 5.69 Å². The lowest BCUT2D eigenvalue weighted by molar-refractivity contribution is 0.114. The normalized spacial score (nSPS) is 21.3. The minimum atomic E-state index is 0.280. The second-order valence-corrected chi connectivity index (χ2v) is 5.43. The fraction of sp³-hybridized carbons (Fsp3) is 0.562. The van der Waals surface area contributed by atoms with Crippen LogP contribution in [-0.4, -0.2) is 45.5 Å². The van der Waals surface area contributed by atoms with E-state index in [0.29, 0.717) is 13.2 Å². The van der Waals surface area contributed by atoms with E-state index in [1.165, 1.54) is 0 Å². The van der Waals surface area contributed by atoms with Crippen molar-refractivity contribution in [1.29, 1.82) is 0 Å². The molecule has 1 aromatic rings. The van der Waals surface area contributed by atoms with Gasteiger partial charge >= 0.3 is 0 Å². The SMILES string of the molecule is CN=C(NCC1CCCO1)Nc1ccc2c(c1)OCCCO2. The van der Waals surface area contributed by atoms with Gasteiger partial charge in [-0.1, -0.05) is 0 Å². The highest BCUT2D eigenvalue weighted by atomic mass is 16.5. The van der Waals surface area contributed by atoms with Gasteiger partial charge in [0.15, 0.2) is 17.5 Å². The number of hydrogen-bond acceptors (Lipinski definition) is 4. The maximum absolute atomic E-state index is 5.70. The largest absolute Gasteiger partial charge is 0.490 e. The first-order valence-corrected chi connectivity index (χ1v) is 7.84. The maximum Gasteiger partial charge on any atom is 0.195 e. The molecule has 2 aliphatic heterocycles. The first-order valence-electron chi connectivity index (χ1n) is 7.84. The molecule has 1 aromatic carbocycles. The van der Waals surface area contributed by atoms with Gasteiger partial charge in [-0.2, -0.15) is 0 Å². The highest BCUT2D eigenvalue weighted by Crippen LogP contribution is 2.32. The van der Waals surface area contributed by atoms with E-state index in [9.17, 15) is 0 Å². The molecule has 6 heteroatoms. The molecular weight excluding hydrogens is 282 g/mol. The summed E-state index contributed by atoms with van der Waals surface area (Å²) >= 11 is 0. The van der Waals surface area contributed by atoms with E-state index in [0.717, 1.165) is 55.6 Å². The Bertz CT molecular complexity index is 527. The predicted octanol–water partition coefficient (Wildman–Crippen LogP) is 2.01. The van der Waals surface area contributed by atoms with E-state index < -0.39 is 0 Å². The van der Waals surface area contributed by atoms with Crippen molar-refractivity contribution in [3.05, 3.63) is 18.2 Å². The predicted molar refractivity (Wildman–Crippen MR) is 86.0 cm³/mol. The van der Waals surface area contributed by atoms with Gasteiger partial charge in [-0.15, -0.1) is 0 Å². The molecule has 0 aliphatic carbocycles. The number of hydrogen-bond donors (Lipinski definition) is 2. The van der Waals surface area contributed by atoms with Crippen molar-refractivity contribution in [2.24, 2.45) is 4.99 Å². The number of rotatable bonds is 3. The summed E-state index contributed by atoms with van der Waals surface area (Å²) in [5.41, 5.74) is 0.921. The lowest BCUT2D eigenvalue weighted by Gasteiger charge is -2.16. The summed E-state index contributed by atoms with van der Waals surface area (Å²) in [4.78, 5) is 4.24. The molecular formula is C16H23N3O3. The van der Waals surface area contributed by atoms with Gasteiger partial charge in [0.05, 0.1) is 19.3 Å². The van der Waals surface area contributed by atoms with Crippen LogP contribution in [0.25, 0.3) is 0 Å². The van der Waals surface area contributed by atoms with Crippen LogP contribution in [0.1, 0.15) is 19.3 Å². The number of guanidine groups is 1. The van der Waals surface area contributed by atoms with Crippen LogP contribution in [0.3, 0.4) is 0 Å². The van der Waals surface area contributed by atoms with E-state index in [4.69, 9.17) is 14.2 Å². The molecule has 6 nitrogen and oxygen atoms in total. The first-order chi connectivity index (χ1) is 10.8. The van der Waals surface area contributed by atoms with E-state index >= 15 is 0 Å². The number of fused-ring (bicyclic) bond motifs is 1. The van der Waals surface area contributed by atoms with Crippen LogP contribution in [0.15, 0.2) is 23.2 Å². The summed E-state index contributed by atoms with van der Waals surface area (Å²) < 4.78 is 16.9. The molecule has 1 saturated heterocycles. The number of benzene rings is 1. The Labute approximate surface area is 130 Å². The number of aliphatic imine (C=N–C) groups is 1. The Hall–Kier alpha value is -1.95. The van der Waals surface area contributed by atoms with Gasteiger partial charge in [-0.05, 0) is 25.0 Å². The number of anilines is 1. The maximum atomic E-state index is 5.70. The van der Waals surface area contributed by atoms with Gasteiger partial charge in [0, 0.05) is 38.4 Å². The summed E-state index contributed by atoms with van der Waals surface area (Å²) in [6.45, 7) is 3.01. The highest BCUT2D eigenvalue weighted by Gasteiger charge is 2.16.